The van der Waals surface area contributed by atoms with Crippen LogP contribution in [0.2, 0.25) is 0 Å². The molecular weight excluding hydrogens is 454 g/mol. The number of methoxy groups -OCH3 is 1. The molecule has 0 spiro atoms. The Bertz CT molecular complexity index is 1420. The highest BCUT2D eigenvalue weighted by molar-refractivity contribution is 5.79. The van der Waals surface area contributed by atoms with Crippen molar-refractivity contribution >= 4 is 16.6 Å². The normalized spacial score (nSPS) is 15.5. The fourth-order valence-electron chi connectivity index (χ4n) is 5.08. The lowest BCUT2D eigenvalue weighted by molar-refractivity contribution is 0.171. The summed E-state index contributed by atoms with van der Waals surface area (Å²) in [6, 6.07) is 14.2. The molecule has 0 amide bonds. The molecule has 1 atom stereocenters. The molecule has 0 bridgehead atoms. The lowest BCUT2D eigenvalue weighted by Gasteiger charge is -2.40. The van der Waals surface area contributed by atoms with Gasteiger partial charge in [0.2, 0.25) is 0 Å². The van der Waals surface area contributed by atoms with E-state index in [-0.39, 0.29) is 11.6 Å². The van der Waals surface area contributed by atoms with Crippen LogP contribution in [0.5, 0.6) is 0 Å². The number of rotatable bonds is 7. The van der Waals surface area contributed by atoms with E-state index in [1.54, 1.807) is 11.8 Å². The van der Waals surface area contributed by atoms with E-state index in [0.717, 1.165) is 42.6 Å². The number of tetrazole rings is 1. The Morgan fingerprint density at radius 3 is 2.64 bits per heavy atom. The predicted octanol–water partition coefficient (Wildman–Crippen LogP) is 3.00. The van der Waals surface area contributed by atoms with Crippen molar-refractivity contribution in [2.45, 2.75) is 33.4 Å². The molecule has 2 aromatic carbocycles. The maximum absolute atomic E-state index is 13.4. The van der Waals surface area contributed by atoms with Gasteiger partial charge in [0.1, 0.15) is 6.04 Å². The Balaban J connectivity index is 1.52. The molecule has 188 valence electrons. The molecule has 0 radical (unpaired) electrons. The minimum Gasteiger partial charge on any atom is -0.383 e. The van der Waals surface area contributed by atoms with Crippen LogP contribution < -0.4 is 10.5 Å². The summed E-state index contributed by atoms with van der Waals surface area (Å²) in [5.74, 6) is 0.657. The first-order valence-electron chi connectivity index (χ1n) is 12.4. The van der Waals surface area contributed by atoms with Crippen LogP contribution in [0.3, 0.4) is 0 Å². The third-order valence-corrected chi connectivity index (χ3v) is 7.23. The number of hydrogen-bond acceptors (Lipinski definition) is 7. The fourth-order valence-corrected chi connectivity index (χ4v) is 5.08. The van der Waals surface area contributed by atoms with Crippen molar-refractivity contribution in [1.82, 2.24) is 30.1 Å². The zero-order valence-electron chi connectivity index (χ0n) is 21.4. The highest BCUT2D eigenvalue weighted by Gasteiger charge is 2.33. The average molecular weight is 488 g/mol. The summed E-state index contributed by atoms with van der Waals surface area (Å²) in [6.45, 7) is 10.6. The number of fused-ring (bicyclic) bond motifs is 1. The predicted molar refractivity (Wildman–Crippen MR) is 141 cm³/mol. The van der Waals surface area contributed by atoms with E-state index < -0.39 is 0 Å². The van der Waals surface area contributed by atoms with Crippen molar-refractivity contribution in [3.8, 4) is 0 Å². The van der Waals surface area contributed by atoms with Gasteiger partial charge in [-0.15, -0.1) is 5.10 Å². The second-order valence-corrected chi connectivity index (χ2v) is 9.54. The molecule has 9 heteroatoms. The quantitative estimate of drug-likeness (QED) is 0.428. The molecule has 3 heterocycles. The number of nitrogens with zero attached hydrogens (tertiary/aromatic N) is 6. The second-order valence-electron chi connectivity index (χ2n) is 9.54. The Morgan fingerprint density at radius 2 is 1.86 bits per heavy atom. The summed E-state index contributed by atoms with van der Waals surface area (Å²) in [5, 5.41) is 13.6. The molecule has 9 nitrogen and oxygen atoms in total. The van der Waals surface area contributed by atoms with Gasteiger partial charge in [-0.1, -0.05) is 24.3 Å². The van der Waals surface area contributed by atoms with Gasteiger partial charge < -0.3 is 14.6 Å². The topological polar surface area (TPSA) is 92.2 Å². The van der Waals surface area contributed by atoms with Crippen molar-refractivity contribution in [2.75, 3.05) is 44.8 Å². The van der Waals surface area contributed by atoms with Gasteiger partial charge in [0, 0.05) is 50.1 Å². The van der Waals surface area contributed by atoms with E-state index in [1.807, 2.05) is 25.1 Å². The minimum atomic E-state index is -0.368. The molecule has 5 rings (SSSR count). The SMILES string of the molecule is COCCn1nnnc1[C@@H](c1cc2ccc(C)cc2[nH]c1=O)N1CCN(c2cccc(C)c2C)CC1. The summed E-state index contributed by atoms with van der Waals surface area (Å²) < 4.78 is 7.03. The zero-order chi connectivity index (χ0) is 25.2. The van der Waals surface area contributed by atoms with Gasteiger partial charge in [0.25, 0.3) is 5.56 Å². The number of aryl methyl sites for hydroxylation is 2. The lowest BCUT2D eigenvalue weighted by atomic mass is 10.0. The van der Waals surface area contributed by atoms with Crippen LogP contribution in [0.15, 0.2) is 47.3 Å². The van der Waals surface area contributed by atoms with Gasteiger partial charge in [-0.05, 0) is 71.5 Å². The van der Waals surface area contributed by atoms with Crippen molar-refractivity contribution < 1.29 is 4.74 Å². The number of piperazine rings is 1. The highest BCUT2D eigenvalue weighted by atomic mass is 16.5. The number of anilines is 1. The number of nitrogens with one attached hydrogen (secondary N) is 1. The number of hydrogen-bond donors (Lipinski definition) is 1. The molecule has 0 saturated carbocycles. The van der Waals surface area contributed by atoms with Gasteiger partial charge in [-0.2, -0.15) is 0 Å². The van der Waals surface area contributed by atoms with Crippen LogP contribution in [0, 0.1) is 20.8 Å². The number of pyridine rings is 1. The van der Waals surface area contributed by atoms with E-state index >= 15 is 0 Å². The maximum atomic E-state index is 13.4. The van der Waals surface area contributed by atoms with Gasteiger partial charge in [0.05, 0.1) is 13.2 Å². The first-order valence-corrected chi connectivity index (χ1v) is 12.4. The molecule has 1 N–H and O–H groups in total. The lowest BCUT2D eigenvalue weighted by Crippen LogP contribution is -2.49. The first kappa shape index (κ1) is 24.1. The van der Waals surface area contributed by atoms with Gasteiger partial charge >= 0.3 is 0 Å². The third kappa shape index (κ3) is 4.64. The summed E-state index contributed by atoms with van der Waals surface area (Å²) >= 11 is 0. The third-order valence-electron chi connectivity index (χ3n) is 7.23. The zero-order valence-corrected chi connectivity index (χ0v) is 21.4. The number of aromatic nitrogens is 5. The molecule has 1 aliphatic rings. The van der Waals surface area contributed by atoms with Crippen LogP contribution in [-0.2, 0) is 11.3 Å². The van der Waals surface area contributed by atoms with Crippen LogP contribution in [0.1, 0.15) is 34.1 Å². The first-order chi connectivity index (χ1) is 17.5. The van der Waals surface area contributed by atoms with Crippen LogP contribution in [-0.4, -0.2) is 70.0 Å². The van der Waals surface area contributed by atoms with Crippen LogP contribution in [0.25, 0.3) is 10.9 Å². The molecule has 4 aromatic rings. The summed E-state index contributed by atoms with van der Waals surface area (Å²) in [7, 11) is 1.66. The van der Waals surface area contributed by atoms with Gasteiger partial charge in [-0.25, -0.2) is 4.68 Å². The van der Waals surface area contributed by atoms with Crippen molar-refractivity contribution in [1.29, 1.82) is 0 Å². The number of benzene rings is 2. The summed E-state index contributed by atoms with van der Waals surface area (Å²) in [4.78, 5) is 21.3. The number of H-pyrrole nitrogens is 1. The average Bonchev–Trinajstić information content (AvgIpc) is 3.33. The smallest absolute Gasteiger partial charge is 0.253 e. The summed E-state index contributed by atoms with van der Waals surface area (Å²) in [5.41, 5.74) is 6.36. The Morgan fingerprint density at radius 1 is 1.06 bits per heavy atom. The molecule has 0 aliphatic carbocycles. The van der Waals surface area contributed by atoms with E-state index in [9.17, 15) is 4.79 Å². The molecular formula is C27H33N7O2. The van der Waals surface area contributed by atoms with Crippen molar-refractivity contribution in [3.05, 3.63) is 80.9 Å². The molecule has 1 aliphatic heterocycles. The number of aromatic amines is 1. The molecule has 0 unspecified atom stereocenters. The van der Waals surface area contributed by atoms with E-state index in [4.69, 9.17) is 4.74 Å². The van der Waals surface area contributed by atoms with Gasteiger partial charge in [0.15, 0.2) is 5.82 Å². The Kier molecular flexibility index (Phi) is 6.84. The van der Waals surface area contributed by atoms with Gasteiger partial charge in [-0.3, -0.25) is 9.69 Å². The molecule has 2 aromatic heterocycles. The minimum absolute atomic E-state index is 0.114. The number of ether oxygens (including phenoxy) is 1. The summed E-state index contributed by atoms with van der Waals surface area (Å²) in [6.07, 6.45) is 0. The highest BCUT2D eigenvalue weighted by Crippen LogP contribution is 2.30. The maximum Gasteiger partial charge on any atom is 0.253 e. The Hall–Kier alpha value is -3.56. The van der Waals surface area contributed by atoms with Crippen molar-refractivity contribution in [2.24, 2.45) is 0 Å². The fraction of sp³-hybridized carbons (Fsp3) is 0.407. The van der Waals surface area contributed by atoms with Crippen molar-refractivity contribution in [3.63, 3.8) is 0 Å². The second kappa shape index (κ2) is 10.2. The van der Waals surface area contributed by atoms with Crippen LogP contribution in [0.4, 0.5) is 5.69 Å². The van der Waals surface area contributed by atoms with E-state index in [0.29, 0.717) is 24.5 Å². The standard InChI is InChI=1S/C27H33N7O2/c1-18-8-9-21-17-22(27(35)28-23(21)16-18)25(26-29-30-31-34(26)14-15-36-4)33-12-10-32(11-13-33)24-7-5-6-19(2)20(24)3/h5-9,16-17,25H,10-15H2,1-4H3,(H,28,35)/t25-/m1/s1. The van der Waals surface area contributed by atoms with E-state index in [2.05, 4.69) is 68.4 Å². The molecule has 1 fully saturated rings. The van der Waals surface area contributed by atoms with Crippen LogP contribution >= 0.6 is 0 Å². The molecule has 1 saturated heterocycles. The Labute approximate surface area is 210 Å². The largest absolute Gasteiger partial charge is 0.383 e. The van der Waals surface area contributed by atoms with E-state index in [1.165, 1.54) is 16.8 Å². The molecule has 36 heavy (non-hydrogen) atoms. The monoisotopic (exact) mass is 487 g/mol.